The van der Waals surface area contributed by atoms with Crippen molar-refractivity contribution in [3.8, 4) is 5.75 Å². The van der Waals surface area contributed by atoms with E-state index >= 15 is 0 Å². The summed E-state index contributed by atoms with van der Waals surface area (Å²) < 4.78 is 6.19. The second-order valence-electron chi connectivity index (χ2n) is 4.64. The number of hydrogen-bond donors (Lipinski definition) is 0. The molecular weight excluding hydrogens is 280 g/mol. The molecule has 0 aliphatic carbocycles. The van der Waals surface area contributed by atoms with Crippen molar-refractivity contribution in [2.24, 2.45) is 5.41 Å². The SMILES string of the molecule is CCOc1ccc(C(=O)C(C)(C)CC)c(Br)c1. The largest absolute Gasteiger partial charge is 0.494 e. The van der Waals surface area contributed by atoms with Gasteiger partial charge in [0.15, 0.2) is 5.78 Å². The highest BCUT2D eigenvalue weighted by Gasteiger charge is 2.27. The van der Waals surface area contributed by atoms with Crippen LogP contribution >= 0.6 is 15.9 Å². The van der Waals surface area contributed by atoms with Gasteiger partial charge >= 0.3 is 0 Å². The van der Waals surface area contributed by atoms with Gasteiger partial charge in [0.05, 0.1) is 6.61 Å². The Morgan fingerprint density at radius 2 is 2.00 bits per heavy atom. The van der Waals surface area contributed by atoms with E-state index in [1.165, 1.54) is 0 Å². The molecule has 0 aromatic heterocycles. The molecule has 0 saturated carbocycles. The summed E-state index contributed by atoms with van der Waals surface area (Å²) in [7, 11) is 0. The Labute approximate surface area is 111 Å². The molecule has 0 amide bonds. The molecule has 0 aliphatic rings. The molecule has 94 valence electrons. The molecule has 1 aromatic rings. The first-order chi connectivity index (χ1) is 7.92. The predicted molar refractivity (Wildman–Crippen MR) is 73.7 cm³/mol. The van der Waals surface area contributed by atoms with Crippen molar-refractivity contribution < 1.29 is 9.53 Å². The Bertz CT molecular complexity index is 411. The highest BCUT2D eigenvalue weighted by atomic mass is 79.9. The maximum Gasteiger partial charge on any atom is 0.169 e. The lowest BCUT2D eigenvalue weighted by atomic mass is 9.82. The summed E-state index contributed by atoms with van der Waals surface area (Å²) in [4.78, 5) is 12.3. The fraction of sp³-hybridized carbons (Fsp3) is 0.500. The Kier molecular flexibility index (Phi) is 4.75. The molecule has 0 heterocycles. The third-order valence-electron chi connectivity index (χ3n) is 2.99. The molecule has 17 heavy (non-hydrogen) atoms. The van der Waals surface area contributed by atoms with Gasteiger partial charge in [0.2, 0.25) is 0 Å². The van der Waals surface area contributed by atoms with E-state index in [2.05, 4.69) is 15.9 Å². The van der Waals surface area contributed by atoms with Crippen LogP contribution in [0.1, 0.15) is 44.5 Å². The van der Waals surface area contributed by atoms with Gasteiger partial charge in [-0.1, -0.05) is 20.8 Å². The van der Waals surface area contributed by atoms with Gasteiger partial charge in [0.25, 0.3) is 0 Å². The van der Waals surface area contributed by atoms with Gasteiger partial charge in [-0.3, -0.25) is 4.79 Å². The van der Waals surface area contributed by atoms with Gasteiger partial charge in [0.1, 0.15) is 5.75 Å². The van der Waals surface area contributed by atoms with Crippen LogP contribution in [0.15, 0.2) is 22.7 Å². The number of carbonyl (C=O) groups is 1. The van der Waals surface area contributed by atoms with Crippen molar-refractivity contribution in [3.63, 3.8) is 0 Å². The lowest BCUT2D eigenvalue weighted by molar-refractivity contribution is 0.0832. The van der Waals surface area contributed by atoms with Gasteiger partial charge in [0, 0.05) is 15.5 Å². The molecule has 1 aromatic carbocycles. The zero-order chi connectivity index (χ0) is 13.1. The van der Waals surface area contributed by atoms with Crippen LogP contribution in [-0.4, -0.2) is 12.4 Å². The number of benzene rings is 1. The average molecular weight is 299 g/mol. The molecule has 0 aliphatic heterocycles. The first kappa shape index (κ1) is 14.2. The molecule has 0 bridgehead atoms. The summed E-state index contributed by atoms with van der Waals surface area (Å²) in [5.41, 5.74) is 0.399. The van der Waals surface area contributed by atoms with Crippen LogP contribution in [0.2, 0.25) is 0 Å². The zero-order valence-corrected chi connectivity index (χ0v) is 12.4. The number of carbonyl (C=O) groups excluding carboxylic acids is 1. The van der Waals surface area contributed by atoms with E-state index in [0.29, 0.717) is 6.61 Å². The van der Waals surface area contributed by atoms with E-state index in [0.717, 1.165) is 22.2 Å². The second kappa shape index (κ2) is 5.67. The van der Waals surface area contributed by atoms with Crippen molar-refractivity contribution in [2.45, 2.75) is 34.1 Å². The molecular formula is C14H19BrO2. The lowest BCUT2D eigenvalue weighted by Crippen LogP contribution is -2.23. The van der Waals surface area contributed by atoms with E-state index in [1.807, 2.05) is 45.9 Å². The van der Waals surface area contributed by atoms with Crippen LogP contribution in [0.25, 0.3) is 0 Å². The summed E-state index contributed by atoms with van der Waals surface area (Å²) >= 11 is 3.44. The Balaban J connectivity index is 3.04. The summed E-state index contributed by atoms with van der Waals surface area (Å²) in [5.74, 6) is 0.945. The minimum absolute atomic E-state index is 0.162. The van der Waals surface area contributed by atoms with Crippen LogP contribution in [-0.2, 0) is 0 Å². The number of hydrogen-bond acceptors (Lipinski definition) is 2. The van der Waals surface area contributed by atoms with Gasteiger partial charge in [-0.05, 0) is 47.5 Å². The minimum Gasteiger partial charge on any atom is -0.494 e. The average Bonchev–Trinajstić information content (AvgIpc) is 2.29. The quantitative estimate of drug-likeness (QED) is 0.750. The molecule has 0 fully saturated rings. The first-order valence-electron chi connectivity index (χ1n) is 5.89. The lowest BCUT2D eigenvalue weighted by Gasteiger charge is -2.21. The number of halogens is 1. The Hall–Kier alpha value is -0.830. The van der Waals surface area contributed by atoms with Crippen LogP contribution < -0.4 is 4.74 Å². The van der Waals surface area contributed by atoms with Gasteiger partial charge in [-0.25, -0.2) is 0 Å². The van der Waals surface area contributed by atoms with Crippen LogP contribution in [0.4, 0.5) is 0 Å². The molecule has 0 N–H and O–H groups in total. The van der Waals surface area contributed by atoms with Crippen molar-refractivity contribution in [2.75, 3.05) is 6.61 Å². The number of ether oxygens (including phenoxy) is 1. The van der Waals surface area contributed by atoms with E-state index < -0.39 is 0 Å². The first-order valence-corrected chi connectivity index (χ1v) is 6.68. The monoisotopic (exact) mass is 298 g/mol. The summed E-state index contributed by atoms with van der Waals surface area (Å²) in [5, 5.41) is 0. The predicted octanol–water partition coefficient (Wildman–Crippen LogP) is 4.47. The molecule has 0 saturated heterocycles. The highest BCUT2D eigenvalue weighted by Crippen LogP contribution is 2.31. The molecule has 0 radical (unpaired) electrons. The van der Waals surface area contributed by atoms with Crippen LogP contribution in [0, 0.1) is 5.41 Å². The van der Waals surface area contributed by atoms with E-state index in [4.69, 9.17) is 4.74 Å². The smallest absolute Gasteiger partial charge is 0.169 e. The standard InChI is InChI=1S/C14H19BrO2/c1-5-14(3,4)13(16)11-8-7-10(17-6-2)9-12(11)15/h7-9H,5-6H2,1-4H3. The zero-order valence-electron chi connectivity index (χ0n) is 10.8. The third kappa shape index (κ3) is 3.32. The Morgan fingerprint density at radius 1 is 1.35 bits per heavy atom. The Morgan fingerprint density at radius 3 is 2.47 bits per heavy atom. The fourth-order valence-electron chi connectivity index (χ4n) is 1.46. The maximum absolute atomic E-state index is 12.3. The normalized spacial score (nSPS) is 11.4. The summed E-state index contributed by atoms with van der Waals surface area (Å²) in [6, 6.07) is 5.52. The minimum atomic E-state index is -0.324. The maximum atomic E-state index is 12.3. The van der Waals surface area contributed by atoms with E-state index in [9.17, 15) is 4.79 Å². The van der Waals surface area contributed by atoms with Crippen molar-refractivity contribution >= 4 is 21.7 Å². The van der Waals surface area contributed by atoms with Gasteiger partial charge in [-0.15, -0.1) is 0 Å². The van der Waals surface area contributed by atoms with E-state index in [-0.39, 0.29) is 11.2 Å². The van der Waals surface area contributed by atoms with E-state index in [1.54, 1.807) is 0 Å². The van der Waals surface area contributed by atoms with Crippen molar-refractivity contribution in [1.29, 1.82) is 0 Å². The summed E-state index contributed by atoms with van der Waals surface area (Å²) in [6.07, 6.45) is 0.825. The van der Waals surface area contributed by atoms with Gasteiger partial charge in [-0.2, -0.15) is 0 Å². The molecule has 0 unspecified atom stereocenters. The number of rotatable bonds is 5. The van der Waals surface area contributed by atoms with Crippen LogP contribution in [0.5, 0.6) is 5.75 Å². The molecule has 1 rings (SSSR count). The molecule has 3 heteroatoms. The van der Waals surface area contributed by atoms with Crippen molar-refractivity contribution in [3.05, 3.63) is 28.2 Å². The topological polar surface area (TPSA) is 26.3 Å². The molecule has 0 spiro atoms. The second-order valence-corrected chi connectivity index (χ2v) is 5.50. The molecule has 0 atom stereocenters. The number of Topliss-reactive ketones (excluding diaryl/α,β-unsaturated/α-hetero) is 1. The van der Waals surface area contributed by atoms with Crippen LogP contribution in [0.3, 0.4) is 0 Å². The summed E-state index contributed by atoms with van der Waals surface area (Å²) in [6.45, 7) is 8.53. The third-order valence-corrected chi connectivity index (χ3v) is 3.65. The van der Waals surface area contributed by atoms with Crippen molar-refractivity contribution in [1.82, 2.24) is 0 Å². The van der Waals surface area contributed by atoms with Gasteiger partial charge < -0.3 is 4.74 Å². The number of ketones is 1. The fourth-order valence-corrected chi connectivity index (χ4v) is 2.00. The molecule has 2 nitrogen and oxygen atoms in total. The highest BCUT2D eigenvalue weighted by molar-refractivity contribution is 9.10.